The van der Waals surface area contributed by atoms with Gasteiger partial charge in [0.1, 0.15) is 0 Å². The average Bonchev–Trinajstić information content (AvgIpc) is 2.16. The second-order valence-corrected chi connectivity index (χ2v) is 6.87. The van der Waals surface area contributed by atoms with E-state index in [4.69, 9.17) is 0 Å². The molecule has 0 saturated carbocycles. The van der Waals surface area contributed by atoms with Crippen LogP contribution in [0.2, 0.25) is 0 Å². The first kappa shape index (κ1) is 14.0. The Labute approximate surface area is 102 Å². The van der Waals surface area contributed by atoms with E-state index in [-0.39, 0.29) is 0 Å². The van der Waals surface area contributed by atoms with Crippen molar-refractivity contribution in [2.24, 2.45) is 10.8 Å². The fraction of sp³-hybridized carbons (Fsp3) is 1.00. The fourth-order valence-corrected chi connectivity index (χ4v) is 3.02. The molecular formula is C14H30N2. The second kappa shape index (κ2) is 5.50. The highest BCUT2D eigenvalue weighted by Gasteiger charge is 2.31. The van der Waals surface area contributed by atoms with E-state index in [1.54, 1.807) is 0 Å². The van der Waals surface area contributed by atoms with Crippen LogP contribution >= 0.6 is 0 Å². The van der Waals surface area contributed by atoms with Crippen LogP contribution in [0, 0.1) is 10.8 Å². The topological polar surface area (TPSA) is 15.3 Å². The van der Waals surface area contributed by atoms with E-state index in [0.29, 0.717) is 10.8 Å². The molecule has 0 amide bonds. The predicted octanol–water partition coefficient (Wildman–Crippen LogP) is 2.74. The third kappa shape index (κ3) is 4.42. The first-order valence-electron chi connectivity index (χ1n) is 6.76. The predicted molar refractivity (Wildman–Crippen MR) is 71.8 cm³/mol. The molecule has 1 atom stereocenters. The van der Waals surface area contributed by atoms with Gasteiger partial charge < -0.3 is 10.2 Å². The van der Waals surface area contributed by atoms with Crippen LogP contribution in [0.15, 0.2) is 0 Å². The maximum atomic E-state index is 3.57. The van der Waals surface area contributed by atoms with Gasteiger partial charge in [0.2, 0.25) is 0 Å². The van der Waals surface area contributed by atoms with Gasteiger partial charge in [-0.3, -0.25) is 0 Å². The fourth-order valence-electron chi connectivity index (χ4n) is 3.02. The van der Waals surface area contributed by atoms with E-state index in [0.717, 1.165) is 0 Å². The largest absolute Gasteiger partial charge is 0.316 e. The minimum Gasteiger partial charge on any atom is -0.316 e. The minimum absolute atomic E-state index is 0.409. The molecule has 0 aromatic rings. The maximum Gasteiger partial charge on any atom is 0.00472 e. The van der Waals surface area contributed by atoms with Crippen molar-refractivity contribution in [3.63, 3.8) is 0 Å². The van der Waals surface area contributed by atoms with Crippen molar-refractivity contribution in [1.82, 2.24) is 10.2 Å². The van der Waals surface area contributed by atoms with Crippen molar-refractivity contribution < 1.29 is 0 Å². The van der Waals surface area contributed by atoms with Gasteiger partial charge in [-0.15, -0.1) is 0 Å². The Morgan fingerprint density at radius 1 is 1.31 bits per heavy atom. The Bertz CT molecular complexity index is 199. The number of hydrogen-bond acceptors (Lipinski definition) is 2. The molecule has 1 aliphatic heterocycles. The summed E-state index contributed by atoms with van der Waals surface area (Å²) in [5.41, 5.74) is 0.935. The second-order valence-electron chi connectivity index (χ2n) is 6.87. The van der Waals surface area contributed by atoms with Crippen LogP contribution in [-0.2, 0) is 0 Å². The van der Waals surface area contributed by atoms with Gasteiger partial charge in [-0.05, 0) is 43.7 Å². The quantitative estimate of drug-likeness (QED) is 0.793. The lowest BCUT2D eigenvalue weighted by molar-refractivity contribution is 0.106. The van der Waals surface area contributed by atoms with E-state index >= 15 is 0 Å². The molecule has 1 N–H and O–H groups in total. The molecule has 2 nitrogen and oxygen atoms in total. The number of nitrogens with zero attached hydrogens (tertiary/aromatic N) is 1. The molecule has 0 aliphatic carbocycles. The van der Waals surface area contributed by atoms with E-state index in [9.17, 15) is 0 Å². The SMILES string of the molecule is CCC1(CN(C)CC(C)(C)C)CCCNC1. The zero-order chi connectivity index (χ0) is 12.2. The lowest BCUT2D eigenvalue weighted by atomic mass is 9.77. The maximum absolute atomic E-state index is 3.57. The van der Waals surface area contributed by atoms with Gasteiger partial charge in [0.25, 0.3) is 0 Å². The van der Waals surface area contributed by atoms with Crippen molar-refractivity contribution in [2.45, 2.75) is 47.0 Å². The summed E-state index contributed by atoms with van der Waals surface area (Å²) in [4.78, 5) is 2.52. The smallest absolute Gasteiger partial charge is 0.00472 e. The summed E-state index contributed by atoms with van der Waals surface area (Å²) in [6.45, 7) is 14.2. The summed E-state index contributed by atoms with van der Waals surface area (Å²) in [6, 6.07) is 0. The minimum atomic E-state index is 0.409. The highest BCUT2D eigenvalue weighted by molar-refractivity contribution is 4.87. The van der Waals surface area contributed by atoms with Gasteiger partial charge in [-0.1, -0.05) is 27.7 Å². The van der Waals surface area contributed by atoms with Crippen LogP contribution in [0.1, 0.15) is 47.0 Å². The molecule has 1 fully saturated rings. The number of piperidine rings is 1. The first-order chi connectivity index (χ1) is 7.37. The molecule has 1 saturated heterocycles. The standard InChI is InChI=1S/C14H30N2/c1-6-14(8-7-9-15-10-14)12-16(5)11-13(2,3)4/h15H,6-12H2,1-5H3. The Balaban J connectivity index is 2.48. The molecule has 96 valence electrons. The van der Waals surface area contributed by atoms with Crippen molar-refractivity contribution in [3.05, 3.63) is 0 Å². The molecule has 0 aromatic heterocycles. The number of hydrogen-bond donors (Lipinski definition) is 1. The molecule has 16 heavy (non-hydrogen) atoms. The lowest BCUT2D eigenvalue weighted by Crippen LogP contribution is -2.47. The van der Waals surface area contributed by atoms with Crippen molar-refractivity contribution in [2.75, 3.05) is 33.2 Å². The molecule has 0 aromatic carbocycles. The van der Waals surface area contributed by atoms with Crippen LogP contribution in [-0.4, -0.2) is 38.1 Å². The van der Waals surface area contributed by atoms with Crippen LogP contribution in [0.4, 0.5) is 0 Å². The summed E-state index contributed by atoms with van der Waals surface area (Å²) in [5.74, 6) is 0. The highest BCUT2D eigenvalue weighted by atomic mass is 15.1. The van der Waals surface area contributed by atoms with E-state index in [1.165, 1.54) is 45.4 Å². The van der Waals surface area contributed by atoms with Crippen molar-refractivity contribution in [3.8, 4) is 0 Å². The monoisotopic (exact) mass is 226 g/mol. The Kier molecular flexibility index (Phi) is 4.81. The summed E-state index contributed by atoms with van der Waals surface area (Å²) >= 11 is 0. The molecular weight excluding hydrogens is 196 g/mol. The lowest BCUT2D eigenvalue weighted by Gasteiger charge is -2.41. The summed E-state index contributed by atoms with van der Waals surface area (Å²) in [5, 5.41) is 3.57. The molecule has 1 aliphatic rings. The molecule has 1 rings (SSSR count). The van der Waals surface area contributed by atoms with Gasteiger partial charge in [0, 0.05) is 19.6 Å². The van der Waals surface area contributed by atoms with Gasteiger partial charge >= 0.3 is 0 Å². The number of rotatable bonds is 4. The normalized spacial score (nSPS) is 27.4. The molecule has 1 unspecified atom stereocenters. The van der Waals surface area contributed by atoms with Gasteiger partial charge in [0.15, 0.2) is 0 Å². The third-order valence-corrected chi connectivity index (χ3v) is 3.66. The molecule has 0 radical (unpaired) electrons. The van der Waals surface area contributed by atoms with Crippen LogP contribution in [0.3, 0.4) is 0 Å². The van der Waals surface area contributed by atoms with Crippen LogP contribution in [0.25, 0.3) is 0 Å². The summed E-state index contributed by atoms with van der Waals surface area (Å²) < 4.78 is 0. The Morgan fingerprint density at radius 3 is 2.44 bits per heavy atom. The Hall–Kier alpha value is -0.0800. The molecule has 0 bridgehead atoms. The number of nitrogens with one attached hydrogen (secondary N) is 1. The van der Waals surface area contributed by atoms with Gasteiger partial charge in [-0.25, -0.2) is 0 Å². The van der Waals surface area contributed by atoms with E-state index in [2.05, 4.69) is 45.0 Å². The zero-order valence-corrected chi connectivity index (χ0v) is 11.9. The summed E-state index contributed by atoms with van der Waals surface area (Å²) in [6.07, 6.45) is 4.04. The van der Waals surface area contributed by atoms with Gasteiger partial charge in [-0.2, -0.15) is 0 Å². The Morgan fingerprint density at radius 2 is 2.00 bits per heavy atom. The molecule has 2 heteroatoms. The van der Waals surface area contributed by atoms with Crippen LogP contribution < -0.4 is 5.32 Å². The molecule has 0 spiro atoms. The molecule has 1 heterocycles. The van der Waals surface area contributed by atoms with Crippen molar-refractivity contribution in [1.29, 1.82) is 0 Å². The first-order valence-corrected chi connectivity index (χ1v) is 6.76. The summed E-state index contributed by atoms with van der Waals surface area (Å²) in [7, 11) is 2.28. The van der Waals surface area contributed by atoms with Crippen molar-refractivity contribution >= 4 is 0 Å². The highest BCUT2D eigenvalue weighted by Crippen LogP contribution is 2.31. The van der Waals surface area contributed by atoms with Gasteiger partial charge in [0.05, 0.1) is 0 Å². The zero-order valence-electron chi connectivity index (χ0n) is 11.9. The van der Waals surface area contributed by atoms with E-state index < -0.39 is 0 Å². The van der Waals surface area contributed by atoms with Crippen LogP contribution in [0.5, 0.6) is 0 Å². The average molecular weight is 226 g/mol. The van der Waals surface area contributed by atoms with E-state index in [1.807, 2.05) is 0 Å². The third-order valence-electron chi connectivity index (χ3n) is 3.66.